The molecule has 0 spiro atoms. The van der Waals surface area contributed by atoms with Crippen molar-refractivity contribution in [2.24, 2.45) is 5.92 Å². The van der Waals surface area contributed by atoms with Gasteiger partial charge in [-0.1, -0.05) is 36.8 Å². The lowest BCUT2D eigenvalue weighted by Crippen LogP contribution is -2.41. The quantitative estimate of drug-likeness (QED) is 0.770. The molecule has 1 atom stereocenters. The van der Waals surface area contributed by atoms with E-state index in [1.165, 1.54) is 24.8 Å². The molecule has 82 valence electrons. The molecule has 1 aromatic carbocycles. The first-order chi connectivity index (χ1) is 7.40. The lowest BCUT2D eigenvalue weighted by molar-refractivity contribution is 0.148. The molecule has 1 aliphatic carbocycles. The summed E-state index contributed by atoms with van der Waals surface area (Å²) in [6, 6.07) is 10.6. The highest BCUT2D eigenvalue weighted by Crippen LogP contribution is 2.29. The number of rotatable bonds is 5. The molecule has 0 unspecified atom stereocenters. The monoisotopic (exact) mass is 205 g/mol. The molecule has 2 nitrogen and oxygen atoms in total. The molecule has 1 aliphatic rings. The summed E-state index contributed by atoms with van der Waals surface area (Å²) in [5.41, 5.74) is 1.29. The van der Waals surface area contributed by atoms with Crippen LogP contribution in [0.4, 0.5) is 0 Å². The largest absolute Gasteiger partial charge is 0.395 e. The Morgan fingerprint density at radius 2 is 2.00 bits per heavy atom. The van der Waals surface area contributed by atoms with Crippen LogP contribution in [-0.2, 0) is 6.54 Å². The number of aliphatic hydroxyl groups excluding tert-OH is 1. The number of nitrogens with one attached hydrogen (secondary N) is 1. The molecule has 2 rings (SSSR count). The van der Waals surface area contributed by atoms with Crippen LogP contribution in [0.1, 0.15) is 24.8 Å². The van der Waals surface area contributed by atoms with Gasteiger partial charge in [0.15, 0.2) is 0 Å². The number of benzene rings is 1. The predicted molar refractivity (Wildman–Crippen MR) is 61.5 cm³/mol. The van der Waals surface area contributed by atoms with Gasteiger partial charge in [0.05, 0.1) is 6.61 Å². The summed E-state index contributed by atoms with van der Waals surface area (Å²) >= 11 is 0. The van der Waals surface area contributed by atoms with Crippen molar-refractivity contribution in [3.05, 3.63) is 35.9 Å². The van der Waals surface area contributed by atoms with E-state index in [0.29, 0.717) is 12.0 Å². The van der Waals surface area contributed by atoms with Gasteiger partial charge in [-0.05, 0) is 24.3 Å². The minimum atomic E-state index is 0.261. The lowest BCUT2D eigenvalue weighted by Gasteiger charge is -2.33. The van der Waals surface area contributed by atoms with E-state index in [9.17, 15) is 5.11 Å². The molecule has 1 fully saturated rings. The Morgan fingerprint density at radius 3 is 2.53 bits per heavy atom. The molecule has 0 bridgehead atoms. The Kier molecular flexibility index (Phi) is 3.75. The first-order valence-corrected chi connectivity index (χ1v) is 5.78. The Bertz CT molecular complexity index is 282. The molecule has 1 saturated carbocycles. The molecular weight excluding hydrogens is 186 g/mol. The molecule has 0 aliphatic heterocycles. The third kappa shape index (κ3) is 2.80. The highest BCUT2D eigenvalue weighted by molar-refractivity contribution is 5.14. The second-order valence-electron chi connectivity index (χ2n) is 4.35. The topological polar surface area (TPSA) is 32.3 Å². The summed E-state index contributed by atoms with van der Waals surface area (Å²) in [7, 11) is 0. The maximum atomic E-state index is 9.28. The maximum Gasteiger partial charge on any atom is 0.0587 e. The summed E-state index contributed by atoms with van der Waals surface area (Å²) in [6.45, 7) is 1.13. The van der Waals surface area contributed by atoms with Gasteiger partial charge in [0, 0.05) is 12.6 Å². The van der Waals surface area contributed by atoms with Crippen molar-refractivity contribution in [2.45, 2.75) is 31.8 Å². The molecule has 0 amide bonds. The zero-order valence-electron chi connectivity index (χ0n) is 9.02. The average molecular weight is 205 g/mol. The zero-order valence-corrected chi connectivity index (χ0v) is 9.02. The van der Waals surface area contributed by atoms with Crippen LogP contribution < -0.4 is 5.32 Å². The number of hydrogen-bond donors (Lipinski definition) is 2. The molecule has 0 heterocycles. The summed E-state index contributed by atoms with van der Waals surface area (Å²) in [6.07, 6.45) is 3.87. The van der Waals surface area contributed by atoms with Crippen molar-refractivity contribution in [2.75, 3.05) is 6.61 Å². The van der Waals surface area contributed by atoms with E-state index in [2.05, 4.69) is 17.4 Å². The van der Waals surface area contributed by atoms with Crippen molar-refractivity contribution >= 4 is 0 Å². The SMILES string of the molecule is OC[C@@H](NCc1ccccc1)C1CCC1. The van der Waals surface area contributed by atoms with Gasteiger partial charge in [0.25, 0.3) is 0 Å². The van der Waals surface area contributed by atoms with Crippen molar-refractivity contribution < 1.29 is 5.11 Å². The van der Waals surface area contributed by atoms with Crippen molar-refractivity contribution in [3.63, 3.8) is 0 Å². The van der Waals surface area contributed by atoms with Gasteiger partial charge in [-0.25, -0.2) is 0 Å². The van der Waals surface area contributed by atoms with Gasteiger partial charge in [-0.2, -0.15) is 0 Å². The molecule has 1 aromatic rings. The van der Waals surface area contributed by atoms with Crippen molar-refractivity contribution in [1.82, 2.24) is 5.32 Å². The fourth-order valence-corrected chi connectivity index (χ4v) is 2.07. The first-order valence-electron chi connectivity index (χ1n) is 5.78. The fourth-order valence-electron chi connectivity index (χ4n) is 2.07. The van der Waals surface area contributed by atoms with Crippen LogP contribution in [0.5, 0.6) is 0 Å². The summed E-state index contributed by atoms with van der Waals surface area (Å²) in [5, 5.41) is 12.7. The fraction of sp³-hybridized carbons (Fsp3) is 0.538. The van der Waals surface area contributed by atoms with Gasteiger partial charge < -0.3 is 10.4 Å². The van der Waals surface area contributed by atoms with Gasteiger partial charge in [-0.3, -0.25) is 0 Å². The van der Waals surface area contributed by atoms with Crippen LogP contribution >= 0.6 is 0 Å². The van der Waals surface area contributed by atoms with Gasteiger partial charge in [-0.15, -0.1) is 0 Å². The van der Waals surface area contributed by atoms with E-state index in [0.717, 1.165) is 6.54 Å². The van der Waals surface area contributed by atoms with Crippen LogP contribution in [0.2, 0.25) is 0 Å². The molecule has 2 N–H and O–H groups in total. The highest BCUT2D eigenvalue weighted by atomic mass is 16.3. The number of aliphatic hydroxyl groups is 1. The van der Waals surface area contributed by atoms with E-state index in [1.54, 1.807) is 0 Å². The maximum absolute atomic E-state index is 9.28. The molecular formula is C13H19NO. The van der Waals surface area contributed by atoms with Crippen LogP contribution in [0.25, 0.3) is 0 Å². The van der Waals surface area contributed by atoms with Gasteiger partial charge in [0.2, 0.25) is 0 Å². The smallest absolute Gasteiger partial charge is 0.0587 e. The minimum absolute atomic E-state index is 0.261. The highest BCUT2D eigenvalue weighted by Gasteiger charge is 2.25. The van der Waals surface area contributed by atoms with Gasteiger partial charge in [0.1, 0.15) is 0 Å². The van der Waals surface area contributed by atoms with Crippen LogP contribution in [0.3, 0.4) is 0 Å². The minimum Gasteiger partial charge on any atom is -0.395 e. The van der Waals surface area contributed by atoms with E-state index in [1.807, 2.05) is 18.2 Å². The molecule has 0 saturated heterocycles. The Balaban J connectivity index is 1.80. The Morgan fingerprint density at radius 1 is 1.27 bits per heavy atom. The molecule has 0 radical (unpaired) electrons. The predicted octanol–water partition coefficient (Wildman–Crippen LogP) is 1.94. The Hall–Kier alpha value is -0.860. The summed E-state index contributed by atoms with van der Waals surface area (Å²) < 4.78 is 0. The van der Waals surface area contributed by atoms with Crippen LogP contribution in [-0.4, -0.2) is 17.8 Å². The van der Waals surface area contributed by atoms with E-state index >= 15 is 0 Å². The van der Waals surface area contributed by atoms with E-state index in [4.69, 9.17) is 0 Å². The van der Waals surface area contributed by atoms with Crippen LogP contribution in [0, 0.1) is 5.92 Å². The second-order valence-corrected chi connectivity index (χ2v) is 4.35. The molecule has 0 aromatic heterocycles. The van der Waals surface area contributed by atoms with E-state index in [-0.39, 0.29) is 6.61 Å². The van der Waals surface area contributed by atoms with Crippen molar-refractivity contribution in [3.8, 4) is 0 Å². The molecule has 2 heteroatoms. The normalized spacial score (nSPS) is 18.5. The first kappa shape index (κ1) is 10.7. The second kappa shape index (κ2) is 5.29. The average Bonchev–Trinajstić information content (AvgIpc) is 2.23. The van der Waals surface area contributed by atoms with Gasteiger partial charge >= 0.3 is 0 Å². The number of hydrogen-bond acceptors (Lipinski definition) is 2. The lowest BCUT2D eigenvalue weighted by atomic mass is 9.80. The third-order valence-corrected chi connectivity index (χ3v) is 3.33. The summed E-state index contributed by atoms with van der Waals surface area (Å²) in [5.74, 6) is 0.693. The molecule has 15 heavy (non-hydrogen) atoms. The van der Waals surface area contributed by atoms with Crippen molar-refractivity contribution in [1.29, 1.82) is 0 Å². The van der Waals surface area contributed by atoms with E-state index < -0.39 is 0 Å². The Labute approximate surface area is 91.3 Å². The van der Waals surface area contributed by atoms with Crippen LogP contribution in [0.15, 0.2) is 30.3 Å². The zero-order chi connectivity index (χ0) is 10.5. The standard InChI is InChI=1S/C13H19NO/c15-10-13(12-7-4-8-12)14-9-11-5-2-1-3-6-11/h1-3,5-6,12-15H,4,7-10H2/t13-/m1/s1. The third-order valence-electron chi connectivity index (χ3n) is 3.33. The summed E-state index contributed by atoms with van der Waals surface area (Å²) in [4.78, 5) is 0.